The first kappa shape index (κ1) is 26.4. The van der Waals surface area contributed by atoms with E-state index in [2.05, 4.69) is 20.2 Å². The van der Waals surface area contributed by atoms with Gasteiger partial charge >= 0.3 is 0 Å². The Morgan fingerprint density at radius 1 is 1.02 bits per heavy atom. The van der Waals surface area contributed by atoms with Gasteiger partial charge in [0.25, 0.3) is 0 Å². The number of halogens is 2. The molecule has 0 spiro atoms. The number of fused-ring (bicyclic) bond motifs is 1. The summed E-state index contributed by atoms with van der Waals surface area (Å²) < 4.78 is 42.2. The van der Waals surface area contributed by atoms with E-state index in [0.29, 0.717) is 61.0 Å². The number of hydrogen-bond donors (Lipinski definition) is 2. The Bertz CT molecular complexity index is 1670. The van der Waals surface area contributed by atoms with Gasteiger partial charge in [0, 0.05) is 54.3 Å². The van der Waals surface area contributed by atoms with Gasteiger partial charge in [0.15, 0.2) is 17.5 Å². The molecule has 12 heteroatoms. The number of pyridine rings is 1. The Labute approximate surface area is 234 Å². The maximum atomic E-state index is 15.0. The number of rotatable bonds is 8. The van der Waals surface area contributed by atoms with Crippen LogP contribution in [0.1, 0.15) is 12.5 Å². The molecule has 0 unspecified atom stereocenters. The number of benzene rings is 2. The molecule has 1 aliphatic heterocycles. The summed E-state index contributed by atoms with van der Waals surface area (Å²) in [5.74, 6) is -0.240. The summed E-state index contributed by atoms with van der Waals surface area (Å²) in [6, 6.07) is 13.4. The van der Waals surface area contributed by atoms with Crippen LogP contribution in [0.5, 0.6) is 5.75 Å². The second kappa shape index (κ2) is 11.3. The molecular formula is C29H28F2N8O2. The van der Waals surface area contributed by atoms with E-state index in [4.69, 9.17) is 25.3 Å². The molecule has 3 N–H and O–H groups in total. The molecule has 10 nitrogen and oxygen atoms in total. The van der Waals surface area contributed by atoms with Crippen LogP contribution in [-0.4, -0.2) is 57.6 Å². The number of nitrogen functional groups attached to an aromatic ring is 1. The topological polar surface area (TPSA) is 116 Å². The van der Waals surface area contributed by atoms with Gasteiger partial charge in [0.05, 0.1) is 31.9 Å². The van der Waals surface area contributed by atoms with Gasteiger partial charge in [-0.15, -0.1) is 0 Å². The standard InChI is InChI=1S/C29H28F2N8O2/c1-2-41-19-15-22(30)21(23(31)16-19)17-39-24-6-4-3-5-20(24)25(37-39)28-35-27(32)26(38-11-13-40-14-12-38)29(36-28)34-18-7-9-33-10-8-18/h3-10,15-16H,2,11-14,17H2,1H3,(H3,32,33,34,35,36). The quantitative estimate of drug-likeness (QED) is 0.278. The number of hydrogen-bond acceptors (Lipinski definition) is 9. The zero-order chi connectivity index (χ0) is 28.3. The Kier molecular flexibility index (Phi) is 7.30. The molecule has 1 fully saturated rings. The second-order valence-electron chi connectivity index (χ2n) is 9.41. The lowest BCUT2D eigenvalue weighted by Crippen LogP contribution is -2.37. The molecular weight excluding hydrogens is 530 g/mol. The van der Waals surface area contributed by atoms with Crippen LogP contribution in [0.2, 0.25) is 0 Å². The summed E-state index contributed by atoms with van der Waals surface area (Å²) in [4.78, 5) is 15.7. The molecule has 0 atom stereocenters. The zero-order valence-electron chi connectivity index (χ0n) is 22.3. The molecule has 1 aliphatic rings. The summed E-state index contributed by atoms with van der Waals surface area (Å²) in [7, 11) is 0. The van der Waals surface area contributed by atoms with E-state index in [1.165, 1.54) is 16.8 Å². The molecule has 0 radical (unpaired) electrons. The van der Waals surface area contributed by atoms with Gasteiger partial charge in [-0.3, -0.25) is 9.67 Å². The molecule has 3 aromatic heterocycles. The third-order valence-corrected chi connectivity index (χ3v) is 6.78. The molecule has 0 aliphatic carbocycles. The molecule has 1 saturated heterocycles. The fourth-order valence-corrected chi connectivity index (χ4v) is 4.88. The number of ether oxygens (including phenoxy) is 2. The molecule has 0 saturated carbocycles. The number of nitrogens with zero attached hydrogens (tertiary/aromatic N) is 6. The lowest BCUT2D eigenvalue weighted by atomic mass is 10.1. The van der Waals surface area contributed by atoms with Crippen molar-refractivity contribution >= 4 is 33.9 Å². The van der Waals surface area contributed by atoms with E-state index in [1.807, 2.05) is 36.4 Å². The van der Waals surface area contributed by atoms with Crippen LogP contribution in [0.3, 0.4) is 0 Å². The van der Waals surface area contributed by atoms with E-state index >= 15 is 0 Å². The number of nitrogens with one attached hydrogen (secondary N) is 1. The SMILES string of the molecule is CCOc1cc(F)c(Cn2nc(-c3nc(N)c(N4CCOCC4)c(Nc4ccncc4)n3)c3ccccc32)c(F)c1. The molecule has 6 rings (SSSR count). The van der Waals surface area contributed by atoms with Crippen LogP contribution in [0.25, 0.3) is 22.4 Å². The predicted octanol–water partition coefficient (Wildman–Crippen LogP) is 4.78. The van der Waals surface area contributed by atoms with Crippen LogP contribution in [0.4, 0.5) is 31.8 Å². The number of para-hydroxylation sites is 1. The Morgan fingerprint density at radius 2 is 1.76 bits per heavy atom. The van der Waals surface area contributed by atoms with Crippen molar-refractivity contribution in [3.8, 4) is 17.3 Å². The van der Waals surface area contributed by atoms with E-state index in [1.54, 1.807) is 19.3 Å². The number of morpholine rings is 1. The molecule has 41 heavy (non-hydrogen) atoms. The Morgan fingerprint density at radius 3 is 2.49 bits per heavy atom. The van der Waals surface area contributed by atoms with E-state index in [0.717, 1.165) is 5.69 Å². The van der Waals surface area contributed by atoms with Gasteiger partial charge < -0.3 is 25.4 Å². The van der Waals surface area contributed by atoms with Crippen molar-refractivity contribution in [3.05, 3.63) is 78.1 Å². The van der Waals surface area contributed by atoms with Crippen molar-refractivity contribution in [1.29, 1.82) is 0 Å². The highest BCUT2D eigenvalue weighted by atomic mass is 19.1. The van der Waals surface area contributed by atoms with Crippen LogP contribution in [-0.2, 0) is 11.3 Å². The van der Waals surface area contributed by atoms with Crippen molar-refractivity contribution in [2.24, 2.45) is 0 Å². The fourth-order valence-electron chi connectivity index (χ4n) is 4.88. The number of nitrogens with two attached hydrogens (primary N) is 1. The minimum Gasteiger partial charge on any atom is -0.494 e. The smallest absolute Gasteiger partial charge is 0.184 e. The van der Waals surface area contributed by atoms with Gasteiger partial charge in [0.2, 0.25) is 0 Å². The monoisotopic (exact) mass is 558 g/mol. The average molecular weight is 559 g/mol. The van der Waals surface area contributed by atoms with Crippen molar-refractivity contribution < 1.29 is 18.3 Å². The summed E-state index contributed by atoms with van der Waals surface area (Å²) in [5, 5.41) is 8.79. The largest absolute Gasteiger partial charge is 0.494 e. The highest BCUT2D eigenvalue weighted by Crippen LogP contribution is 2.36. The number of aromatic nitrogens is 5. The Balaban J connectivity index is 1.45. The zero-order valence-corrected chi connectivity index (χ0v) is 22.3. The average Bonchev–Trinajstić information content (AvgIpc) is 3.34. The predicted molar refractivity (Wildman–Crippen MR) is 152 cm³/mol. The van der Waals surface area contributed by atoms with Crippen LogP contribution < -0.4 is 20.7 Å². The van der Waals surface area contributed by atoms with Gasteiger partial charge in [-0.1, -0.05) is 18.2 Å². The second-order valence-corrected chi connectivity index (χ2v) is 9.41. The van der Waals surface area contributed by atoms with Crippen molar-refractivity contribution in [2.75, 3.05) is 48.9 Å². The molecule has 2 aromatic carbocycles. The first-order chi connectivity index (χ1) is 20.0. The van der Waals surface area contributed by atoms with Crippen molar-refractivity contribution in [1.82, 2.24) is 24.7 Å². The summed E-state index contributed by atoms with van der Waals surface area (Å²) in [6.07, 6.45) is 3.35. The highest BCUT2D eigenvalue weighted by Gasteiger charge is 2.24. The first-order valence-corrected chi connectivity index (χ1v) is 13.3. The highest BCUT2D eigenvalue weighted by molar-refractivity contribution is 5.93. The van der Waals surface area contributed by atoms with Crippen molar-refractivity contribution in [2.45, 2.75) is 13.5 Å². The van der Waals surface area contributed by atoms with Crippen LogP contribution in [0, 0.1) is 11.6 Å². The molecule has 4 heterocycles. The molecule has 0 amide bonds. The lowest BCUT2D eigenvalue weighted by Gasteiger charge is -2.30. The van der Waals surface area contributed by atoms with E-state index in [9.17, 15) is 8.78 Å². The van der Waals surface area contributed by atoms with Gasteiger partial charge in [-0.2, -0.15) is 5.10 Å². The Hall–Kier alpha value is -4.84. The molecule has 5 aromatic rings. The molecule has 210 valence electrons. The van der Waals surface area contributed by atoms with Gasteiger partial charge in [-0.05, 0) is 25.1 Å². The van der Waals surface area contributed by atoms with E-state index in [-0.39, 0.29) is 29.5 Å². The minimum atomic E-state index is -0.714. The molecule has 0 bridgehead atoms. The van der Waals surface area contributed by atoms with Gasteiger partial charge in [-0.25, -0.2) is 18.7 Å². The van der Waals surface area contributed by atoms with Gasteiger partial charge in [0.1, 0.15) is 28.8 Å². The minimum absolute atomic E-state index is 0.128. The van der Waals surface area contributed by atoms with Crippen molar-refractivity contribution in [3.63, 3.8) is 0 Å². The van der Waals surface area contributed by atoms with Crippen LogP contribution >= 0.6 is 0 Å². The fraction of sp³-hybridized carbons (Fsp3) is 0.241. The maximum Gasteiger partial charge on any atom is 0.184 e. The first-order valence-electron chi connectivity index (χ1n) is 13.3. The number of anilines is 4. The third-order valence-electron chi connectivity index (χ3n) is 6.78. The maximum absolute atomic E-state index is 15.0. The van der Waals surface area contributed by atoms with Crippen LogP contribution in [0.15, 0.2) is 60.9 Å². The normalized spacial score (nSPS) is 13.5. The summed E-state index contributed by atoms with van der Waals surface area (Å²) in [5.41, 5.74) is 8.97. The lowest BCUT2D eigenvalue weighted by molar-refractivity contribution is 0.123. The summed E-state index contributed by atoms with van der Waals surface area (Å²) in [6.45, 7) is 4.29. The third kappa shape index (κ3) is 5.33. The van der Waals surface area contributed by atoms with E-state index < -0.39 is 11.6 Å². The summed E-state index contributed by atoms with van der Waals surface area (Å²) >= 11 is 0.